The van der Waals surface area contributed by atoms with Gasteiger partial charge in [0.2, 0.25) is 0 Å². The molecule has 0 rings (SSSR count). The van der Waals surface area contributed by atoms with Crippen LogP contribution in [0.5, 0.6) is 0 Å². The number of rotatable bonds is 27. The maximum Gasteiger partial charge on any atom is 0.303 e. The van der Waals surface area contributed by atoms with Crippen LogP contribution in [0.3, 0.4) is 0 Å². The van der Waals surface area contributed by atoms with Crippen molar-refractivity contribution in [2.45, 2.75) is 155 Å². The van der Waals surface area contributed by atoms with Crippen LogP contribution >= 0.6 is 0 Å². The Hall–Kier alpha value is -0.830. The molecule has 0 aliphatic heterocycles. The lowest BCUT2D eigenvalue weighted by atomic mass is 9.91. The zero-order valence-corrected chi connectivity index (χ0v) is 23.5. The van der Waals surface area contributed by atoms with Gasteiger partial charge in [0.25, 0.3) is 0 Å². The third-order valence-electron chi connectivity index (χ3n) is 7.11. The highest BCUT2D eigenvalue weighted by Gasteiger charge is 2.09. The molecule has 0 heterocycles. The van der Waals surface area contributed by atoms with E-state index in [-0.39, 0.29) is 0 Å². The van der Waals surface area contributed by atoms with E-state index in [1.165, 1.54) is 135 Å². The van der Waals surface area contributed by atoms with Gasteiger partial charge in [-0.2, -0.15) is 0 Å². The van der Waals surface area contributed by atoms with Crippen LogP contribution in [0, 0.1) is 5.92 Å². The van der Waals surface area contributed by atoms with Crippen LogP contribution in [0.4, 0.5) is 0 Å². The van der Waals surface area contributed by atoms with Crippen LogP contribution in [0.2, 0.25) is 0 Å². The van der Waals surface area contributed by atoms with Gasteiger partial charge < -0.3 is 10.0 Å². The number of carbonyl (C=O) groups is 1. The molecule has 0 saturated carbocycles. The fraction of sp³-hybridized carbons (Fsp3) is 0.903. The van der Waals surface area contributed by atoms with Crippen molar-refractivity contribution < 1.29 is 9.90 Å². The first-order valence-corrected chi connectivity index (χ1v) is 15.1. The van der Waals surface area contributed by atoms with Crippen molar-refractivity contribution in [1.82, 2.24) is 4.90 Å². The maximum absolute atomic E-state index is 10.5. The summed E-state index contributed by atoms with van der Waals surface area (Å²) in [7, 11) is 4.43. The van der Waals surface area contributed by atoms with Gasteiger partial charge in [0.15, 0.2) is 0 Å². The minimum absolute atomic E-state index is 0.330. The van der Waals surface area contributed by atoms with E-state index in [2.05, 4.69) is 38.1 Å². The summed E-state index contributed by atoms with van der Waals surface area (Å²) in [4.78, 5) is 12.8. The molecule has 0 fully saturated rings. The van der Waals surface area contributed by atoms with Gasteiger partial charge in [-0.3, -0.25) is 4.79 Å². The summed E-state index contributed by atoms with van der Waals surface area (Å²) >= 11 is 0. The molecular weight excluding hydrogens is 418 g/mol. The highest BCUT2D eigenvalue weighted by atomic mass is 16.4. The minimum Gasteiger partial charge on any atom is -0.481 e. The molecule has 0 bridgehead atoms. The lowest BCUT2D eigenvalue weighted by molar-refractivity contribution is -0.137. The average Bonchev–Trinajstić information content (AvgIpc) is 2.80. The first-order chi connectivity index (χ1) is 16.6. The number of hydrogen-bond donors (Lipinski definition) is 1. The topological polar surface area (TPSA) is 40.5 Å². The Labute approximate surface area is 214 Å². The SMILES string of the molecule is CCCCCCCCC(CCCCCCCC/C=C\CCCCCCCC(=O)O)CCN(C)C. The molecule has 1 atom stereocenters. The number of hydrogen-bond acceptors (Lipinski definition) is 2. The fourth-order valence-corrected chi connectivity index (χ4v) is 4.79. The molecule has 0 aromatic heterocycles. The molecule has 0 radical (unpaired) electrons. The van der Waals surface area contributed by atoms with Gasteiger partial charge in [-0.25, -0.2) is 0 Å². The van der Waals surface area contributed by atoms with Crippen LogP contribution in [-0.4, -0.2) is 36.6 Å². The smallest absolute Gasteiger partial charge is 0.303 e. The molecule has 0 aromatic rings. The molecule has 3 heteroatoms. The van der Waals surface area contributed by atoms with E-state index in [9.17, 15) is 4.79 Å². The number of allylic oxidation sites excluding steroid dienone is 2. The lowest BCUT2D eigenvalue weighted by Crippen LogP contribution is -2.17. The van der Waals surface area contributed by atoms with Gasteiger partial charge in [-0.1, -0.05) is 122 Å². The number of unbranched alkanes of at least 4 members (excludes halogenated alkanes) is 16. The summed E-state index contributed by atoms with van der Waals surface area (Å²) in [6.45, 7) is 3.55. The third-order valence-corrected chi connectivity index (χ3v) is 7.11. The molecule has 0 aliphatic rings. The van der Waals surface area contributed by atoms with E-state index >= 15 is 0 Å². The predicted octanol–water partition coefficient (Wildman–Crippen LogP) is 9.80. The van der Waals surface area contributed by atoms with E-state index in [1.807, 2.05) is 0 Å². The Balaban J connectivity index is 3.55. The summed E-state index contributed by atoms with van der Waals surface area (Å²) in [5.74, 6) is 0.287. The first-order valence-electron chi connectivity index (χ1n) is 15.1. The maximum atomic E-state index is 10.5. The largest absolute Gasteiger partial charge is 0.481 e. The van der Waals surface area contributed by atoms with Gasteiger partial charge in [0, 0.05) is 6.42 Å². The number of carboxylic acids is 1. The zero-order valence-electron chi connectivity index (χ0n) is 23.5. The van der Waals surface area contributed by atoms with Crippen LogP contribution in [0.25, 0.3) is 0 Å². The summed E-state index contributed by atoms with van der Waals surface area (Å²) in [6, 6.07) is 0. The Morgan fingerprint density at radius 2 is 1.09 bits per heavy atom. The molecular formula is C31H61NO2. The highest BCUT2D eigenvalue weighted by molar-refractivity contribution is 5.66. The molecule has 34 heavy (non-hydrogen) atoms. The monoisotopic (exact) mass is 479 g/mol. The summed E-state index contributed by atoms with van der Waals surface area (Å²) in [6.07, 6.45) is 34.3. The number of nitrogens with zero attached hydrogens (tertiary/aromatic N) is 1. The molecule has 0 aromatic carbocycles. The second-order valence-electron chi connectivity index (χ2n) is 10.9. The lowest BCUT2D eigenvalue weighted by Gasteiger charge is -2.19. The van der Waals surface area contributed by atoms with Gasteiger partial charge >= 0.3 is 5.97 Å². The molecule has 1 unspecified atom stereocenters. The number of carboxylic acid groups (broad SMARTS) is 1. The summed E-state index contributed by atoms with van der Waals surface area (Å²) < 4.78 is 0. The normalized spacial score (nSPS) is 12.7. The molecule has 3 nitrogen and oxygen atoms in total. The summed E-state index contributed by atoms with van der Waals surface area (Å²) in [5, 5.41) is 8.62. The van der Waals surface area contributed by atoms with Crippen LogP contribution in [0.1, 0.15) is 155 Å². The van der Waals surface area contributed by atoms with Gasteiger partial charge in [-0.15, -0.1) is 0 Å². The van der Waals surface area contributed by atoms with Gasteiger partial charge in [-0.05, 0) is 65.1 Å². The molecule has 0 spiro atoms. The molecule has 0 aliphatic carbocycles. The Bertz CT molecular complexity index is 447. The van der Waals surface area contributed by atoms with Crippen molar-refractivity contribution in [3.05, 3.63) is 12.2 Å². The highest BCUT2D eigenvalue weighted by Crippen LogP contribution is 2.22. The van der Waals surface area contributed by atoms with Gasteiger partial charge in [0.1, 0.15) is 0 Å². The van der Waals surface area contributed by atoms with E-state index in [0.29, 0.717) is 6.42 Å². The Kier molecular flexibility index (Phi) is 26.1. The Morgan fingerprint density at radius 3 is 1.56 bits per heavy atom. The van der Waals surface area contributed by atoms with Crippen molar-refractivity contribution in [2.75, 3.05) is 20.6 Å². The predicted molar refractivity (Wildman–Crippen MR) is 151 cm³/mol. The standard InChI is InChI=1S/C31H61NO2/c1-4-5-6-7-19-22-25-30(28-29-32(2)3)26-23-20-17-15-13-11-9-8-10-12-14-16-18-21-24-27-31(33)34/h8,10,30H,4-7,9,11-29H2,1-3H3,(H,33,34)/b10-8-. The Morgan fingerprint density at radius 1 is 0.647 bits per heavy atom. The average molecular weight is 480 g/mol. The van der Waals surface area contributed by atoms with Crippen LogP contribution in [-0.2, 0) is 4.79 Å². The second kappa shape index (κ2) is 26.8. The third kappa shape index (κ3) is 27.4. The van der Waals surface area contributed by atoms with E-state index in [0.717, 1.165) is 18.8 Å². The van der Waals surface area contributed by atoms with Crippen molar-refractivity contribution in [2.24, 2.45) is 5.92 Å². The van der Waals surface area contributed by atoms with Crippen LogP contribution in [0.15, 0.2) is 12.2 Å². The van der Waals surface area contributed by atoms with Crippen molar-refractivity contribution >= 4 is 5.97 Å². The van der Waals surface area contributed by atoms with E-state index in [4.69, 9.17) is 5.11 Å². The quantitative estimate of drug-likeness (QED) is 0.0941. The first kappa shape index (κ1) is 33.2. The molecule has 0 amide bonds. The van der Waals surface area contributed by atoms with E-state index in [1.54, 1.807) is 0 Å². The molecule has 1 N–H and O–H groups in total. The summed E-state index contributed by atoms with van der Waals surface area (Å²) in [5.41, 5.74) is 0. The fourth-order valence-electron chi connectivity index (χ4n) is 4.79. The van der Waals surface area contributed by atoms with Crippen molar-refractivity contribution in [1.29, 1.82) is 0 Å². The van der Waals surface area contributed by atoms with E-state index < -0.39 is 5.97 Å². The zero-order chi connectivity index (χ0) is 25.1. The molecule has 0 saturated heterocycles. The van der Waals surface area contributed by atoms with Crippen molar-refractivity contribution in [3.8, 4) is 0 Å². The minimum atomic E-state index is -0.661. The number of aliphatic carboxylic acids is 1. The second-order valence-corrected chi connectivity index (χ2v) is 10.9. The molecule has 202 valence electrons. The van der Waals surface area contributed by atoms with Gasteiger partial charge in [0.05, 0.1) is 0 Å². The van der Waals surface area contributed by atoms with Crippen molar-refractivity contribution in [3.63, 3.8) is 0 Å². The van der Waals surface area contributed by atoms with Crippen LogP contribution < -0.4 is 0 Å².